The van der Waals surface area contributed by atoms with Gasteiger partial charge in [-0.1, -0.05) is 75.1 Å². The van der Waals surface area contributed by atoms with Gasteiger partial charge in [0.05, 0.1) is 6.34 Å². The van der Waals surface area contributed by atoms with Gasteiger partial charge < -0.3 is 10.6 Å². The maximum absolute atomic E-state index is 5.85. The fourth-order valence-electron chi connectivity index (χ4n) is 2.32. The van der Waals surface area contributed by atoms with Crippen LogP contribution in [0.25, 0.3) is 0 Å². The van der Waals surface area contributed by atoms with E-state index in [9.17, 15) is 0 Å². The van der Waals surface area contributed by atoms with Crippen molar-refractivity contribution in [2.45, 2.75) is 27.2 Å². The normalized spacial score (nSPS) is 13.8. The molecule has 0 aliphatic heterocycles. The van der Waals surface area contributed by atoms with E-state index in [4.69, 9.17) is 17.3 Å². The monoisotopic (exact) mass is 377 g/mol. The Bertz CT molecular complexity index is 540. The Labute approximate surface area is 166 Å². The van der Waals surface area contributed by atoms with Crippen molar-refractivity contribution < 1.29 is 0 Å². The summed E-state index contributed by atoms with van der Waals surface area (Å²) in [5.74, 6) is 0.187. The molecule has 0 bridgehead atoms. The number of nitrogens with zero attached hydrogens (tertiary/aromatic N) is 2. The Hall–Kier alpha value is -1.84. The van der Waals surface area contributed by atoms with E-state index in [0.29, 0.717) is 11.6 Å². The average Bonchev–Trinajstić information content (AvgIpc) is 2.62. The van der Waals surface area contributed by atoms with E-state index in [1.165, 1.54) is 0 Å². The SMILES string of the molecule is C=C/C=C(\C=C/CN(C)C=NC)C(CCN)C(/C=C\C(=C)Cl)=C/C.CC. The maximum atomic E-state index is 5.85. The Morgan fingerprint density at radius 1 is 1.23 bits per heavy atom. The zero-order valence-electron chi connectivity index (χ0n) is 17.1. The standard InChI is InChI=1S/C20H30ClN3.C2H6/c1-6-9-19(10-8-15-24(5)16-23-4)20(13-14-22)18(7-2)12-11-17(3)21;1-2/h6-12,16,20H,1,3,13-15,22H2,2,4-5H3;1-2H3/b10-8-,12-11-,18-7+,19-9+,23-16?;. The van der Waals surface area contributed by atoms with Gasteiger partial charge in [-0.15, -0.1) is 0 Å². The van der Waals surface area contributed by atoms with Gasteiger partial charge in [0.15, 0.2) is 0 Å². The molecule has 0 fully saturated rings. The summed E-state index contributed by atoms with van der Waals surface area (Å²) in [6, 6.07) is 0. The summed E-state index contributed by atoms with van der Waals surface area (Å²) in [7, 11) is 3.74. The highest BCUT2D eigenvalue weighted by Gasteiger charge is 2.14. The van der Waals surface area contributed by atoms with E-state index in [-0.39, 0.29) is 5.92 Å². The Morgan fingerprint density at radius 2 is 1.88 bits per heavy atom. The van der Waals surface area contributed by atoms with Crippen molar-refractivity contribution in [3.63, 3.8) is 0 Å². The predicted molar refractivity (Wildman–Crippen MR) is 121 cm³/mol. The Morgan fingerprint density at radius 3 is 2.35 bits per heavy atom. The minimum Gasteiger partial charge on any atom is -0.362 e. The molecule has 0 aromatic carbocycles. The number of nitrogens with two attached hydrogens (primary N) is 1. The zero-order chi connectivity index (χ0) is 20.4. The van der Waals surface area contributed by atoms with Gasteiger partial charge in [-0.2, -0.15) is 0 Å². The fourth-order valence-corrected chi connectivity index (χ4v) is 2.38. The summed E-state index contributed by atoms with van der Waals surface area (Å²) in [4.78, 5) is 6.01. The molecule has 0 saturated carbocycles. The Balaban J connectivity index is 0. The molecular formula is C22H36ClN3. The fraction of sp³-hybridized carbons (Fsp3) is 0.409. The van der Waals surface area contributed by atoms with Gasteiger partial charge in [0.2, 0.25) is 0 Å². The van der Waals surface area contributed by atoms with Crippen LogP contribution in [0.3, 0.4) is 0 Å². The molecule has 0 amide bonds. The molecule has 1 unspecified atom stereocenters. The molecule has 2 N–H and O–H groups in total. The van der Waals surface area contributed by atoms with Gasteiger partial charge >= 0.3 is 0 Å². The van der Waals surface area contributed by atoms with Crippen LogP contribution in [0.2, 0.25) is 0 Å². The predicted octanol–water partition coefficient (Wildman–Crippen LogP) is 5.49. The van der Waals surface area contributed by atoms with Crippen molar-refractivity contribution >= 4 is 17.9 Å². The van der Waals surface area contributed by atoms with Crippen LogP contribution in [0.1, 0.15) is 27.2 Å². The molecule has 0 radical (unpaired) electrons. The first kappa shape index (κ1) is 26.4. The van der Waals surface area contributed by atoms with E-state index in [0.717, 1.165) is 24.1 Å². The molecule has 0 aromatic rings. The first-order chi connectivity index (χ1) is 12.5. The van der Waals surface area contributed by atoms with E-state index < -0.39 is 0 Å². The summed E-state index contributed by atoms with van der Waals surface area (Å²) < 4.78 is 0. The molecule has 0 heterocycles. The molecule has 0 saturated heterocycles. The molecule has 0 rings (SSSR count). The van der Waals surface area contributed by atoms with Crippen LogP contribution in [0.5, 0.6) is 0 Å². The molecule has 0 aliphatic carbocycles. The van der Waals surface area contributed by atoms with Crippen molar-refractivity contribution in [3.8, 4) is 0 Å². The second kappa shape index (κ2) is 18.0. The minimum atomic E-state index is 0.187. The van der Waals surface area contributed by atoms with Crippen molar-refractivity contribution in [2.75, 3.05) is 27.2 Å². The van der Waals surface area contributed by atoms with Gasteiger partial charge in [-0.3, -0.25) is 4.99 Å². The third-order valence-corrected chi connectivity index (χ3v) is 3.50. The summed E-state index contributed by atoms with van der Waals surface area (Å²) in [5, 5.41) is 0.506. The van der Waals surface area contributed by atoms with Crippen molar-refractivity contribution in [1.29, 1.82) is 0 Å². The number of likely N-dealkylation sites (N-methyl/N-ethyl adjacent to an activating group) is 1. The molecule has 4 heteroatoms. The summed E-state index contributed by atoms with van der Waals surface area (Å²) in [6.45, 7) is 14.9. The van der Waals surface area contributed by atoms with Gasteiger partial charge in [0.1, 0.15) is 0 Å². The van der Waals surface area contributed by atoms with Crippen molar-refractivity contribution in [2.24, 2.45) is 16.6 Å². The topological polar surface area (TPSA) is 41.6 Å². The number of allylic oxidation sites excluding steroid dienone is 9. The molecular weight excluding hydrogens is 342 g/mol. The van der Waals surface area contributed by atoms with Crippen LogP contribution < -0.4 is 5.73 Å². The molecule has 0 spiro atoms. The largest absolute Gasteiger partial charge is 0.362 e. The maximum Gasteiger partial charge on any atom is 0.0846 e. The lowest BCUT2D eigenvalue weighted by Crippen LogP contribution is -2.16. The zero-order valence-corrected chi connectivity index (χ0v) is 17.8. The van der Waals surface area contributed by atoms with E-state index in [1.807, 2.05) is 44.9 Å². The first-order valence-electron chi connectivity index (χ1n) is 9.00. The number of halogens is 1. The van der Waals surface area contributed by atoms with Crippen LogP contribution in [0, 0.1) is 5.92 Å². The van der Waals surface area contributed by atoms with Crippen molar-refractivity contribution in [3.05, 3.63) is 71.9 Å². The highest BCUT2D eigenvalue weighted by atomic mass is 35.5. The number of rotatable bonds is 11. The van der Waals surface area contributed by atoms with E-state index in [2.05, 4.69) is 36.4 Å². The smallest absolute Gasteiger partial charge is 0.0846 e. The molecule has 3 nitrogen and oxygen atoms in total. The molecule has 0 aromatic heterocycles. The van der Waals surface area contributed by atoms with Gasteiger partial charge in [-0.25, -0.2) is 0 Å². The van der Waals surface area contributed by atoms with Gasteiger partial charge in [0, 0.05) is 31.6 Å². The second-order valence-electron chi connectivity index (χ2n) is 5.32. The van der Waals surface area contributed by atoms with Crippen LogP contribution in [-0.2, 0) is 0 Å². The molecule has 1 atom stereocenters. The quantitative estimate of drug-likeness (QED) is 0.294. The summed E-state index contributed by atoms with van der Waals surface area (Å²) in [6.07, 6.45) is 16.6. The van der Waals surface area contributed by atoms with E-state index >= 15 is 0 Å². The molecule has 0 aliphatic rings. The second-order valence-corrected chi connectivity index (χ2v) is 5.80. The third-order valence-electron chi connectivity index (χ3n) is 3.38. The lowest BCUT2D eigenvalue weighted by Gasteiger charge is -2.19. The van der Waals surface area contributed by atoms with E-state index in [1.54, 1.807) is 25.5 Å². The Kier molecular flexibility index (Phi) is 18.2. The third kappa shape index (κ3) is 12.5. The van der Waals surface area contributed by atoms with Crippen LogP contribution in [0.15, 0.2) is 76.9 Å². The van der Waals surface area contributed by atoms with Crippen LogP contribution >= 0.6 is 11.6 Å². The summed E-state index contributed by atoms with van der Waals surface area (Å²) >= 11 is 5.85. The van der Waals surface area contributed by atoms with Crippen molar-refractivity contribution in [1.82, 2.24) is 4.90 Å². The highest BCUT2D eigenvalue weighted by Crippen LogP contribution is 2.26. The lowest BCUT2D eigenvalue weighted by atomic mass is 9.86. The summed E-state index contributed by atoms with van der Waals surface area (Å²) in [5.41, 5.74) is 8.15. The molecule has 146 valence electrons. The molecule has 26 heavy (non-hydrogen) atoms. The first-order valence-corrected chi connectivity index (χ1v) is 9.38. The van der Waals surface area contributed by atoms with Gasteiger partial charge in [-0.05, 0) is 37.1 Å². The minimum absolute atomic E-state index is 0.187. The lowest BCUT2D eigenvalue weighted by molar-refractivity contribution is 0.580. The van der Waals surface area contributed by atoms with Crippen LogP contribution in [-0.4, -0.2) is 38.4 Å². The van der Waals surface area contributed by atoms with Gasteiger partial charge in [0.25, 0.3) is 0 Å². The average molecular weight is 378 g/mol. The number of aliphatic imine (C=N–C) groups is 1. The highest BCUT2D eigenvalue weighted by molar-refractivity contribution is 6.30. The number of hydrogen-bond donors (Lipinski definition) is 1. The van der Waals surface area contributed by atoms with Crippen LogP contribution in [0.4, 0.5) is 0 Å². The number of hydrogen-bond acceptors (Lipinski definition) is 2.